The molecule has 0 aromatic carbocycles. The highest BCUT2D eigenvalue weighted by atomic mass is 16.6. The number of esters is 6. The first-order chi connectivity index (χ1) is 73.7. The molecule has 0 saturated heterocycles. The van der Waals surface area contributed by atoms with Gasteiger partial charge in [0, 0.05) is 78.2 Å². The minimum atomic E-state index is -0.0931. The van der Waals surface area contributed by atoms with E-state index in [0.29, 0.717) is 95.9 Å². The van der Waals surface area contributed by atoms with E-state index in [1.807, 2.05) is 0 Å². The van der Waals surface area contributed by atoms with Crippen LogP contribution in [0.15, 0.2) is 72.9 Å². The molecule has 0 aliphatic rings. The van der Waals surface area contributed by atoms with Crippen molar-refractivity contribution in [2.45, 2.75) is 619 Å². The minimum Gasteiger partial charge on any atom is -0.466 e. The Labute approximate surface area is 925 Å². The molecule has 0 radical (unpaired) electrons. The van der Waals surface area contributed by atoms with Crippen LogP contribution in [0.1, 0.15) is 619 Å². The van der Waals surface area contributed by atoms with E-state index in [0.717, 1.165) is 327 Å². The molecule has 0 heterocycles. The predicted octanol–water partition coefficient (Wildman–Crippen LogP) is 36.4. The zero-order valence-corrected chi connectivity index (χ0v) is 99.1. The number of carbonyl (C=O) groups excluding carboxylic acids is 6. The number of carbonyl (C=O) groups is 6. The molecular formula is C132H246O18. The number of hydrogen-bond donors (Lipinski definition) is 6. The zero-order chi connectivity index (χ0) is 110. The van der Waals surface area contributed by atoms with Crippen molar-refractivity contribution >= 4 is 35.8 Å². The van der Waals surface area contributed by atoms with Gasteiger partial charge in [-0.2, -0.15) is 0 Å². The molecule has 150 heavy (non-hydrogen) atoms. The standard InChI is InChI=1S/3C44H82O6/c1-3-5-7-9-15-23-31-41(39-45)33-25-17-11-13-19-27-35-43(47)49-37-29-21-22-30-38-50-44(48)36-28-20-14-12-18-26-34-42(40-46)32-24-16-10-8-6-4-2;1-3-5-7-9-11-16-24-32-42(40-46)34-26-18-14-20-28-36-44(48)50-38-30-22-21-29-37-49-43(47)35-27-19-13-12-17-25-33-41(39-45)31-23-15-10-8-6-4-2;1-3-5-7-9-11-15-23-31-41(39-45)33-25-17-13-19-27-35-43(47)49-37-29-21-22-30-38-50-44(48)36-28-20-14-18-26-34-42(40-46)32-24-16-12-10-8-6-4-2/h25-26,33-34,41-42,45-46H,3-24,27-32,35-40H2,1-2H3;24-25,32-33,41-42,45-46H,3-23,26-31,34-40H2,1-2H3;23-24,31-32,41-42,45-46H,3-22,25-30,33-40H2,1-2H3/b33-25+,34-26+;32-24+,33-25+;31-23+,32-24+. The van der Waals surface area contributed by atoms with Gasteiger partial charge in [-0.25, -0.2) is 0 Å². The molecule has 0 bridgehead atoms. The number of ether oxygens (including phenoxy) is 6. The first-order valence-corrected chi connectivity index (χ1v) is 64.3. The molecule has 0 fully saturated rings. The Hall–Kier alpha value is -4.98. The van der Waals surface area contributed by atoms with Gasteiger partial charge >= 0.3 is 35.8 Å². The Morgan fingerprint density at radius 2 is 0.267 bits per heavy atom. The Morgan fingerprint density at radius 1 is 0.153 bits per heavy atom. The highest BCUT2D eigenvalue weighted by Crippen LogP contribution is 2.25. The largest absolute Gasteiger partial charge is 0.466 e. The van der Waals surface area contributed by atoms with E-state index in [4.69, 9.17) is 28.4 Å². The summed E-state index contributed by atoms with van der Waals surface area (Å²) in [4.78, 5) is 72.1. The molecule has 0 aromatic heterocycles. The molecular weight excluding hydrogens is 1870 g/mol. The summed E-state index contributed by atoms with van der Waals surface area (Å²) in [5.41, 5.74) is 0. The van der Waals surface area contributed by atoms with Crippen LogP contribution < -0.4 is 0 Å². The lowest BCUT2D eigenvalue weighted by Gasteiger charge is -2.09. The molecule has 0 rings (SSSR count). The third kappa shape index (κ3) is 122. The highest BCUT2D eigenvalue weighted by molar-refractivity contribution is 5.71. The summed E-state index contributed by atoms with van der Waals surface area (Å²) in [5, 5.41) is 57.7. The fourth-order valence-corrected chi connectivity index (χ4v) is 18.9. The van der Waals surface area contributed by atoms with E-state index in [9.17, 15) is 59.4 Å². The van der Waals surface area contributed by atoms with Gasteiger partial charge in [-0.05, 0) is 267 Å². The zero-order valence-electron chi connectivity index (χ0n) is 99.1. The SMILES string of the molecule is CCCCCCC/C=C/C(CO)CCCCCCCC(=O)OCCCCCCOC(=O)CCCCCC/C=C/C(CO)CCCCCCCC.CCCCCCC/C=C/C(CO)CCCCCCCC(=O)OCCCCCCOC(=O)CCCCCCCC(/C=C/CCCCCCC)CO.CCCCCCCCC(/C=C/CCCCCCC(=O)OCCCCCCOC(=O)CCCCCC/C=C/C(CO)CCCCCCCC)CO. The maximum Gasteiger partial charge on any atom is 0.305 e. The fourth-order valence-electron chi connectivity index (χ4n) is 18.9. The second-order valence-corrected chi connectivity index (χ2v) is 43.8. The average Bonchev–Trinajstić information content (AvgIpc) is 1.03. The van der Waals surface area contributed by atoms with E-state index in [1.54, 1.807) is 0 Å². The number of hydrogen-bond acceptors (Lipinski definition) is 18. The van der Waals surface area contributed by atoms with Crippen LogP contribution in [0.2, 0.25) is 0 Å². The predicted molar refractivity (Wildman–Crippen MR) is 634 cm³/mol. The van der Waals surface area contributed by atoms with Gasteiger partial charge in [0.1, 0.15) is 0 Å². The first-order valence-electron chi connectivity index (χ1n) is 64.3. The molecule has 0 amide bonds. The maximum atomic E-state index is 12.0. The Bertz CT molecular complexity index is 2820. The lowest BCUT2D eigenvalue weighted by atomic mass is 9.99. The molecule has 18 nitrogen and oxygen atoms in total. The molecule has 6 unspecified atom stereocenters. The quantitative estimate of drug-likeness (QED) is 0.0143. The van der Waals surface area contributed by atoms with Crippen LogP contribution in [-0.4, -0.2) is 146 Å². The lowest BCUT2D eigenvalue weighted by molar-refractivity contribution is -0.145. The van der Waals surface area contributed by atoms with Gasteiger partial charge in [0.05, 0.1) is 39.6 Å². The molecule has 0 saturated carbocycles. The Morgan fingerprint density at radius 3 is 0.400 bits per heavy atom. The van der Waals surface area contributed by atoms with Crippen LogP contribution >= 0.6 is 0 Å². The molecule has 6 N–H and O–H groups in total. The van der Waals surface area contributed by atoms with Crippen molar-refractivity contribution in [2.24, 2.45) is 35.5 Å². The van der Waals surface area contributed by atoms with Crippen molar-refractivity contribution in [3.63, 3.8) is 0 Å². The van der Waals surface area contributed by atoms with Gasteiger partial charge in [0.15, 0.2) is 0 Å². The summed E-state index contributed by atoms with van der Waals surface area (Å²) in [6, 6.07) is 0. The highest BCUT2D eigenvalue weighted by Gasteiger charge is 2.15. The molecule has 18 heteroatoms. The van der Waals surface area contributed by atoms with E-state index in [-0.39, 0.29) is 93.2 Å². The van der Waals surface area contributed by atoms with Crippen LogP contribution in [0, 0.1) is 35.5 Å². The van der Waals surface area contributed by atoms with Gasteiger partial charge in [0.25, 0.3) is 0 Å². The number of allylic oxidation sites excluding steroid dienone is 6. The second-order valence-electron chi connectivity index (χ2n) is 43.8. The number of aliphatic hydroxyl groups is 6. The van der Waals surface area contributed by atoms with Crippen molar-refractivity contribution in [1.82, 2.24) is 0 Å². The van der Waals surface area contributed by atoms with Crippen molar-refractivity contribution in [3.05, 3.63) is 72.9 Å². The Balaban J connectivity index is -0.00000216. The van der Waals surface area contributed by atoms with E-state index >= 15 is 0 Å². The number of unbranched alkanes of at least 4 members (excludes halogenated alkanes) is 63. The van der Waals surface area contributed by atoms with E-state index in [2.05, 4.69) is 114 Å². The molecule has 6 atom stereocenters. The Kier molecular flexibility index (Phi) is 128. The molecule has 0 aliphatic heterocycles. The first kappa shape index (κ1) is 149. The van der Waals surface area contributed by atoms with Crippen molar-refractivity contribution < 1.29 is 87.8 Å². The fraction of sp³-hybridized carbons (Fsp3) is 0.864. The summed E-state index contributed by atoms with van der Waals surface area (Å²) >= 11 is 0. The molecule has 0 aliphatic carbocycles. The number of aliphatic hydroxyl groups excluding tert-OH is 6. The molecule has 0 spiro atoms. The van der Waals surface area contributed by atoms with Crippen LogP contribution in [0.3, 0.4) is 0 Å². The van der Waals surface area contributed by atoms with Crippen molar-refractivity contribution in [1.29, 1.82) is 0 Å². The minimum absolute atomic E-state index is 0.0927. The monoisotopic (exact) mass is 2120 g/mol. The summed E-state index contributed by atoms with van der Waals surface area (Å²) in [5.74, 6) is 1.20. The lowest BCUT2D eigenvalue weighted by Crippen LogP contribution is -2.07. The second kappa shape index (κ2) is 129. The average molecular weight is 2120 g/mol. The van der Waals surface area contributed by atoms with Crippen LogP contribution in [0.25, 0.3) is 0 Å². The van der Waals surface area contributed by atoms with Gasteiger partial charge < -0.3 is 59.1 Å². The third-order valence-electron chi connectivity index (χ3n) is 29.1. The van der Waals surface area contributed by atoms with E-state index in [1.165, 1.54) is 212 Å². The molecule has 0 aromatic rings. The molecule has 882 valence electrons. The summed E-state index contributed by atoms with van der Waals surface area (Å²) < 4.78 is 32.3. The summed E-state index contributed by atoms with van der Waals surface area (Å²) in [6.07, 6.45) is 125. The normalized spacial score (nSPS) is 13.0. The van der Waals surface area contributed by atoms with Gasteiger partial charge in [-0.1, -0.05) is 423 Å². The summed E-state index contributed by atoms with van der Waals surface area (Å²) in [7, 11) is 0. The van der Waals surface area contributed by atoms with Gasteiger partial charge in [-0.3, -0.25) is 28.8 Å². The van der Waals surface area contributed by atoms with Gasteiger partial charge in [0.2, 0.25) is 0 Å². The van der Waals surface area contributed by atoms with Crippen LogP contribution in [0.5, 0.6) is 0 Å². The smallest absolute Gasteiger partial charge is 0.305 e. The number of rotatable bonds is 117. The maximum absolute atomic E-state index is 12.0. The third-order valence-corrected chi connectivity index (χ3v) is 29.1. The van der Waals surface area contributed by atoms with E-state index < -0.39 is 0 Å². The van der Waals surface area contributed by atoms with Crippen LogP contribution in [-0.2, 0) is 57.2 Å². The van der Waals surface area contributed by atoms with Crippen molar-refractivity contribution in [2.75, 3.05) is 79.3 Å². The van der Waals surface area contributed by atoms with Crippen molar-refractivity contribution in [3.8, 4) is 0 Å². The van der Waals surface area contributed by atoms with Crippen LogP contribution in [0.4, 0.5) is 0 Å². The van der Waals surface area contributed by atoms with Gasteiger partial charge in [-0.15, -0.1) is 0 Å². The summed E-state index contributed by atoms with van der Waals surface area (Å²) in [6.45, 7) is 17.8. The topological polar surface area (TPSA) is 279 Å².